The smallest absolute Gasteiger partial charge is 0.211 e. The largest absolute Gasteiger partial charge is 0.240 e. The molecule has 0 aliphatic carbocycles. The maximum Gasteiger partial charge on any atom is 0.240 e. The standard InChI is InChI=1S/C15H24ClNO2S/c1-12-6-7-14(13(2)10-12)20(18,19)17-11-15(3,4)8-5-9-16/h6-7,10,17H,5,8-9,11H2,1-4H3. The Morgan fingerprint density at radius 2 is 1.90 bits per heavy atom. The molecular formula is C15H24ClNO2S. The Hall–Kier alpha value is -0.580. The van der Waals surface area contributed by atoms with Gasteiger partial charge in [-0.25, -0.2) is 13.1 Å². The lowest BCUT2D eigenvalue weighted by atomic mass is 9.88. The van der Waals surface area contributed by atoms with Gasteiger partial charge in [0.25, 0.3) is 0 Å². The molecule has 0 saturated carbocycles. The lowest BCUT2D eigenvalue weighted by Gasteiger charge is -2.24. The van der Waals surface area contributed by atoms with Crippen molar-refractivity contribution in [3.63, 3.8) is 0 Å². The second-order valence-electron chi connectivity index (χ2n) is 6.05. The number of rotatable bonds is 7. The molecule has 3 nitrogen and oxygen atoms in total. The second kappa shape index (κ2) is 6.92. The highest BCUT2D eigenvalue weighted by atomic mass is 35.5. The minimum atomic E-state index is -3.45. The van der Waals surface area contributed by atoms with Gasteiger partial charge < -0.3 is 0 Å². The summed E-state index contributed by atoms with van der Waals surface area (Å²) in [5.74, 6) is 0.604. The number of benzene rings is 1. The monoisotopic (exact) mass is 317 g/mol. The predicted molar refractivity (Wildman–Crippen MR) is 84.8 cm³/mol. The highest BCUT2D eigenvalue weighted by Crippen LogP contribution is 2.23. The predicted octanol–water partition coefficient (Wildman–Crippen LogP) is 3.63. The van der Waals surface area contributed by atoms with E-state index in [1.165, 1.54) is 0 Å². The molecule has 0 aliphatic rings. The summed E-state index contributed by atoms with van der Waals surface area (Å²) in [6, 6.07) is 5.37. The maximum atomic E-state index is 12.3. The van der Waals surface area contributed by atoms with Gasteiger partial charge in [0.1, 0.15) is 0 Å². The minimum Gasteiger partial charge on any atom is -0.211 e. The molecule has 0 spiro atoms. The second-order valence-corrected chi connectivity index (χ2v) is 8.16. The summed E-state index contributed by atoms with van der Waals surface area (Å²) in [4.78, 5) is 0.358. The quantitative estimate of drug-likeness (QED) is 0.781. The summed E-state index contributed by atoms with van der Waals surface area (Å²) < 4.78 is 27.4. The van der Waals surface area contributed by atoms with Crippen LogP contribution < -0.4 is 4.72 Å². The van der Waals surface area contributed by atoms with E-state index in [9.17, 15) is 8.42 Å². The third-order valence-electron chi connectivity index (χ3n) is 3.35. The van der Waals surface area contributed by atoms with E-state index in [4.69, 9.17) is 11.6 Å². The number of aryl methyl sites for hydroxylation is 2. The van der Waals surface area contributed by atoms with Crippen LogP contribution in [0.15, 0.2) is 23.1 Å². The van der Waals surface area contributed by atoms with E-state index < -0.39 is 10.0 Å². The first-order chi connectivity index (χ1) is 9.18. The zero-order valence-electron chi connectivity index (χ0n) is 12.7. The van der Waals surface area contributed by atoms with Crippen LogP contribution in [0.25, 0.3) is 0 Å². The molecule has 114 valence electrons. The molecule has 20 heavy (non-hydrogen) atoms. The van der Waals surface area contributed by atoms with Crippen LogP contribution in [0.1, 0.15) is 37.8 Å². The molecular weight excluding hydrogens is 294 g/mol. The molecule has 0 aliphatic heterocycles. The highest BCUT2D eigenvalue weighted by Gasteiger charge is 2.23. The molecule has 0 fully saturated rings. The molecule has 0 saturated heterocycles. The van der Waals surface area contributed by atoms with E-state index in [-0.39, 0.29) is 5.41 Å². The molecule has 0 bridgehead atoms. The van der Waals surface area contributed by atoms with Crippen LogP contribution in [-0.4, -0.2) is 20.8 Å². The molecule has 1 rings (SSSR count). The van der Waals surface area contributed by atoms with Gasteiger partial charge in [0.2, 0.25) is 10.0 Å². The molecule has 1 aromatic rings. The molecule has 0 radical (unpaired) electrons. The average molecular weight is 318 g/mol. The Bertz CT molecular complexity index is 553. The first kappa shape index (κ1) is 17.5. The summed E-state index contributed by atoms with van der Waals surface area (Å²) in [5, 5.41) is 0. The van der Waals surface area contributed by atoms with Crippen molar-refractivity contribution in [3.05, 3.63) is 29.3 Å². The summed E-state index contributed by atoms with van der Waals surface area (Å²) >= 11 is 5.69. The van der Waals surface area contributed by atoms with Crippen LogP contribution in [0.3, 0.4) is 0 Å². The van der Waals surface area contributed by atoms with Crippen molar-refractivity contribution in [2.45, 2.75) is 45.4 Å². The summed E-state index contributed by atoms with van der Waals surface area (Å²) in [7, 11) is -3.45. The van der Waals surface area contributed by atoms with Crippen LogP contribution in [0, 0.1) is 19.3 Å². The van der Waals surface area contributed by atoms with E-state index in [0.717, 1.165) is 24.0 Å². The minimum absolute atomic E-state index is 0.0967. The van der Waals surface area contributed by atoms with E-state index in [1.54, 1.807) is 6.07 Å². The normalized spacial score (nSPS) is 12.7. The molecule has 5 heteroatoms. The van der Waals surface area contributed by atoms with E-state index >= 15 is 0 Å². The number of alkyl halides is 1. The fraction of sp³-hybridized carbons (Fsp3) is 0.600. The Morgan fingerprint density at radius 3 is 2.45 bits per heavy atom. The number of hydrogen-bond acceptors (Lipinski definition) is 2. The first-order valence-corrected chi connectivity index (χ1v) is 8.83. The van der Waals surface area contributed by atoms with Gasteiger partial charge in [-0.1, -0.05) is 31.5 Å². The molecule has 0 heterocycles. The van der Waals surface area contributed by atoms with Gasteiger partial charge in [0.15, 0.2) is 0 Å². The van der Waals surface area contributed by atoms with Crippen molar-refractivity contribution in [2.24, 2.45) is 5.41 Å². The Balaban J connectivity index is 2.80. The summed E-state index contributed by atoms with van der Waals surface area (Å²) in [6.45, 7) is 8.28. The number of halogens is 1. The van der Waals surface area contributed by atoms with E-state index in [0.29, 0.717) is 17.3 Å². The van der Waals surface area contributed by atoms with Crippen LogP contribution in [0.4, 0.5) is 0 Å². The van der Waals surface area contributed by atoms with Gasteiger partial charge in [-0.3, -0.25) is 0 Å². The Labute approximate surface area is 127 Å². The Morgan fingerprint density at radius 1 is 1.25 bits per heavy atom. The molecule has 0 amide bonds. The lowest BCUT2D eigenvalue weighted by Crippen LogP contribution is -2.34. The van der Waals surface area contributed by atoms with Crippen molar-refractivity contribution in [2.75, 3.05) is 12.4 Å². The van der Waals surface area contributed by atoms with Gasteiger partial charge in [-0.2, -0.15) is 0 Å². The zero-order valence-corrected chi connectivity index (χ0v) is 14.2. The Kier molecular flexibility index (Phi) is 6.05. The summed E-state index contributed by atoms with van der Waals surface area (Å²) in [5.41, 5.74) is 1.74. The van der Waals surface area contributed by atoms with Gasteiger partial charge in [-0.05, 0) is 43.7 Å². The van der Waals surface area contributed by atoms with E-state index in [1.807, 2.05) is 39.8 Å². The van der Waals surface area contributed by atoms with Gasteiger partial charge in [0.05, 0.1) is 4.90 Å². The molecule has 1 aromatic carbocycles. The van der Waals surface area contributed by atoms with Crippen LogP contribution in [0.2, 0.25) is 0 Å². The lowest BCUT2D eigenvalue weighted by molar-refractivity contribution is 0.331. The topological polar surface area (TPSA) is 46.2 Å². The molecule has 0 aromatic heterocycles. The fourth-order valence-corrected chi connectivity index (χ4v) is 3.70. The van der Waals surface area contributed by atoms with Gasteiger partial charge in [-0.15, -0.1) is 11.6 Å². The maximum absolute atomic E-state index is 12.3. The fourth-order valence-electron chi connectivity index (χ4n) is 2.10. The first-order valence-electron chi connectivity index (χ1n) is 6.81. The number of sulfonamides is 1. The van der Waals surface area contributed by atoms with Crippen molar-refractivity contribution in [3.8, 4) is 0 Å². The molecule has 0 atom stereocenters. The van der Waals surface area contributed by atoms with Gasteiger partial charge >= 0.3 is 0 Å². The average Bonchev–Trinajstić information content (AvgIpc) is 2.34. The van der Waals surface area contributed by atoms with Crippen LogP contribution in [-0.2, 0) is 10.0 Å². The zero-order chi connectivity index (χ0) is 15.4. The number of nitrogens with one attached hydrogen (secondary N) is 1. The van der Waals surface area contributed by atoms with E-state index in [2.05, 4.69) is 4.72 Å². The van der Waals surface area contributed by atoms with Crippen molar-refractivity contribution >= 4 is 21.6 Å². The SMILES string of the molecule is Cc1ccc(S(=O)(=O)NCC(C)(C)CCCCl)c(C)c1. The van der Waals surface area contributed by atoms with Crippen molar-refractivity contribution in [1.29, 1.82) is 0 Å². The van der Waals surface area contributed by atoms with Crippen LogP contribution in [0.5, 0.6) is 0 Å². The molecule has 0 unspecified atom stereocenters. The molecule has 1 N–H and O–H groups in total. The third-order valence-corrected chi connectivity index (χ3v) is 5.18. The highest BCUT2D eigenvalue weighted by molar-refractivity contribution is 7.89. The van der Waals surface area contributed by atoms with Crippen molar-refractivity contribution < 1.29 is 8.42 Å². The third kappa shape index (κ3) is 5.08. The summed E-state index contributed by atoms with van der Waals surface area (Å²) in [6.07, 6.45) is 1.78. The van der Waals surface area contributed by atoms with Gasteiger partial charge in [0, 0.05) is 12.4 Å². The van der Waals surface area contributed by atoms with Crippen LogP contribution >= 0.6 is 11.6 Å². The van der Waals surface area contributed by atoms with Crippen molar-refractivity contribution in [1.82, 2.24) is 4.72 Å². The number of hydrogen-bond donors (Lipinski definition) is 1.